The normalized spacial score (nSPS) is 33.2. The lowest BCUT2D eigenvalue weighted by Crippen LogP contribution is -2.31. The largest absolute Gasteiger partial charge is 0.376 e. The monoisotopic (exact) mass is 234 g/mol. The third kappa shape index (κ3) is 2.01. The van der Waals surface area contributed by atoms with E-state index in [1.807, 2.05) is 0 Å². The molecule has 2 rings (SSSR count). The quantitative estimate of drug-likeness (QED) is 0.696. The van der Waals surface area contributed by atoms with Crippen molar-refractivity contribution in [2.45, 2.75) is 25.4 Å². The van der Waals surface area contributed by atoms with E-state index in [0.29, 0.717) is 11.5 Å². The number of hydrogen-bond acceptors (Lipinski definition) is 2. The van der Waals surface area contributed by atoms with Gasteiger partial charge in [-0.1, -0.05) is 15.9 Å². The molecule has 1 atom stereocenters. The number of ether oxygens (including phenoxy) is 2. The number of rotatable bonds is 3. The zero-order valence-electron chi connectivity index (χ0n) is 7.22. The summed E-state index contributed by atoms with van der Waals surface area (Å²) in [6, 6.07) is 0. The van der Waals surface area contributed by atoms with Crippen molar-refractivity contribution in [2.24, 2.45) is 5.41 Å². The molecule has 1 aliphatic carbocycles. The molecule has 2 fully saturated rings. The predicted octanol–water partition coefficient (Wildman–Crippen LogP) is 1.97. The van der Waals surface area contributed by atoms with E-state index in [0.717, 1.165) is 25.2 Å². The highest BCUT2D eigenvalue weighted by Gasteiger charge is 2.43. The van der Waals surface area contributed by atoms with E-state index in [9.17, 15) is 0 Å². The summed E-state index contributed by atoms with van der Waals surface area (Å²) < 4.78 is 11.0. The molecule has 0 bridgehead atoms. The van der Waals surface area contributed by atoms with Crippen molar-refractivity contribution in [1.82, 2.24) is 0 Å². The van der Waals surface area contributed by atoms with Gasteiger partial charge < -0.3 is 9.47 Å². The van der Waals surface area contributed by atoms with E-state index in [1.54, 1.807) is 0 Å². The molecule has 0 amide bonds. The van der Waals surface area contributed by atoms with Crippen LogP contribution in [0, 0.1) is 5.41 Å². The molecule has 12 heavy (non-hydrogen) atoms. The molecule has 2 aliphatic rings. The van der Waals surface area contributed by atoms with Gasteiger partial charge in [0.2, 0.25) is 0 Å². The molecule has 1 heterocycles. The van der Waals surface area contributed by atoms with Gasteiger partial charge in [-0.2, -0.15) is 0 Å². The Hall–Kier alpha value is 0.400. The Labute approximate surface area is 81.7 Å². The van der Waals surface area contributed by atoms with Gasteiger partial charge in [-0.05, 0) is 24.7 Å². The van der Waals surface area contributed by atoms with E-state index in [1.165, 1.54) is 19.3 Å². The summed E-state index contributed by atoms with van der Waals surface area (Å²) in [4.78, 5) is 0. The molecular weight excluding hydrogens is 220 g/mol. The molecule has 1 saturated carbocycles. The standard InChI is InChI=1S/C9H15BrO2/c10-7-9(1-2-9)5-8-6-11-3-4-12-8/h8H,1-7H2. The number of halogens is 1. The van der Waals surface area contributed by atoms with Crippen molar-refractivity contribution in [1.29, 1.82) is 0 Å². The highest BCUT2D eigenvalue weighted by atomic mass is 79.9. The second kappa shape index (κ2) is 3.64. The SMILES string of the molecule is BrCC1(CC2COCCO2)CC1. The zero-order chi connectivity index (χ0) is 8.44. The molecule has 70 valence electrons. The Kier molecular flexibility index (Phi) is 2.72. The molecular formula is C9H15BrO2. The maximum Gasteiger partial charge on any atom is 0.0815 e. The molecule has 2 nitrogen and oxygen atoms in total. The van der Waals surface area contributed by atoms with Crippen LogP contribution in [0.1, 0.15) is 19.3 Å². The van der Waals surface area contributed by atoms with E-state index >= 15 is 0 Å². The van der Waals surface area contributed by atoms with Gasteiger partial charge in [-0.25, -0.2) is 0 Å². The Balaban J connectivity index is 1.77. The zero-order valence-corrected chi connectivity index (χ0v) is 8.81. The van der Waals surface area contributed by atoms with E-state index in [2.05, 4.69) is 15.9 Å². The van der Waals surface area contributed by atoms with Crippen LogP contribution in [-0.2, 0) is 9.47 Å². The smallest absolute Gasteiger partial charge is 0.0815 e. The van der Waals surface area contributed by atoms with Gasteiger partial charge in [0.05, 0.1) is 25.9 Å². The first kappa shape index (κ1) is 8.97. The fourth-order valence-electron chi connectivity index (χ4n) is 1.71. The lowest BCUT2D eigenvalue weighted by Gasteiger charge is -2.26. The van der Waals surface area contributed by atoms with Crippen molar-refractivity contribution in [3.05, 3.63) is 0 Å². The first-order chi connectivity index (χ1) is 5.85. The fraction of sp³-hybridized carbons (Fsp3) is 1.00. The number of hydrogen-bond donors (Lipinski definition) is 0. The van der Waals surface area contributed by atoms with Gasteiger partial charge in [-0.15, -0.1) is 0 Å². The van der Waals surface area contributed by atoms with Crippen LogP contribution >= 0.6 is 15.9 Å². The molecule has 0 aromatic carbocycles. The van der Waals surface area contributed by atoms with Crippen LogP contribution in [0.4, 0.5) is 0 Å². The maximum absolute atomic E-state index is 5.61. The Morgan fingerprint density at radius 2 is 2.17 bits per heavy atom. The summed E-state index contributed by atoms with van der Waals surface area (Å²) in [5, 5.41) is 1.12. The molecule has 0 N–H and O–H groups in total. The molecule has 0 radical (unpaired) electrons. The second-order valence-corrected chi connectivity index (χ2v) is 4.47. The van der Waals surface area contributed by atoms with E-state index < -0.39 is 0 Å². The minimum atomic E-state index is 0.360. The van der Waals surface area contributed by atoms with Gasteiger partial charge in [0.1, 0.15) is 0 Å². The van der Waals surface area contributed by atoms with Crippen LogP contribution in [0.3, 0.4) is 0 Å². The van der Waals surface area contributed by atoms with Crippen LogP contribution in [-0.4, -0.2) is 31.3 Å². The van der Waals surface area contributed by atoms with Crippen molar-refractivity contribution >= 4 is 15.9 Å². The molecule has 0 aromatic rings. The topological polar surface area (TPSA) is 18.5 Å². The van der Waals surface area contributed by atoms with Crippen molar-refractivity contribution in [3.63, 3.8) is 0 Å². The molecule has 1 unspecified atom stereocenters. The minimum Gasteiger partial charge on any atom is -0.376 e. The summed E-state index contributed by atoms with van der Waals surface area (Å²) in [6.45, 7) is 2.36. The molecule has 3 heteroatoms. The van der Waals surface area contributed by atoms with Gasteiger partial charge in [0, 0.05) is 5.33 Å². The van der Waals surface area contributed by atoms with Gasteiger partial charge >= 0.3 is 0 Å². The third-order valence-corrected chi connectivity index (χ3v) is 3.98. The predicted molar refractivity (Wildman–Crippen MR) is 50.6 cm³/mol. The lowest BCUT2D eigenvalue weighted by molar-refractivity contribution is -0.0962. The highest BCUT2D eigenvalue weighted by molar-refractivity contribution is 9.09. The van der Waals surface area contributed by atoms with Gasteiger partial charge in [-0.3, -0.25) is 0 Å². The van der Waals surface area contributed by atoms with Crippen molar-refractivity contribution in [3.8, 4) is 0 Å². The molecule has 1 saturated heterocycles. The van der Waals surface area contributed by atoms with Crippen LogP contribution in [0.2, 0.25) is 0 Å². The average Bonchev–Trinajstić information content (AvgIpc) is 2.88. The molecule has 1 aliphatic heterocycles. The maximum atomic E-state index is 5.61. The summed E-state index contributed by atoms with van der Waals surface area (Å²) in [7, 11) is 0. The first-order valence-electron chi connectivity index (χ1n) is 4.60. The highest BCUT2D eigenvalue weighted by Crippen LogP contribution is 2.51. The second-order valence-electron chi connectivity index (χ2n) is 3.91. The molecule has 0 aromatic heterocycles. The summed E-state index contributed by atoms with van der Waals surface area (Å²) in [5.74, 6) is 0. The summed E-state index contributed by atoms with van der Waals surface area (Å²) >= 11 is 3.56. The summed E-state index contributed by atoms with van der Waals surface area (Å²) in [6.07, 6.45) is 4.26. The van der Waals surface area contributed by atoms with Crippen LogP contribution in [0.15, 0.2) is 0 Å². The Morgan fingerprint density at radius 3 is 2.67 bits per heavy atom. The van der Waals surface area contributed by atoms with E-state index in [-0.39, 0.29) is 0 Å². The Bertz CT molecular complexity index is 151. The van der Waals surface area contributed by atoms with Crippen LogP contribution < -0.4 is 0 Å². The summed E-state index contributed by atoms with van der Waals surface area (Å²) in [5.41, 5.74) is 0.561. The first-order valence-corrected chi connectivity index (χ1v) is 5.72. The third-order valence-electron chi connectivity index (χ3n) is 2.79. The lowest BCUT2D eigenvalue weighted by atomic mass is 10.0. The minimum absolute atomic E-state index is 0.360. The van der Waals surface area contributed by atoms with E-state index in [4.69, 9.17) is 9.47 Å². The Morgan fingerprint density at radius 1 is 1.33 bits per heavy atom. The average molecular weight is 235 g/mol. The number of alkyl halides is 1. The molecule has 0 spiro atoms. The van der Waals surface area contributed by atoms with Gasteiger partial charge in [0.15, 0.2) is 0 Å². The van der Waals surface area contributed by atoms with Crippen LogP contribution in [0.25, 0.3) is 0 Å². The van der Waals surface area contributed by atoms with Crippen molar-refractivity contribution < 1.29 is 9.47 Å². The van der Waals surface area contributed by atoms with Crippen LogP contribution in [0.5, 0.6) is 0 Å². The fourth-order valence-corrected chi connectivity index (χ4v) is 2.50. The van der Waals surface area contributed by atoms with Gasteiger partial charge in [0.25, 0.3) is 0 Å². The van der Waals surface area contributed by atoms with Crippen molar-refractivity contribution in [2.75, 3.05) is 25.2 Å².